The van der Waals surface area contributed by atoms with Gasteiger partial charge in [-0.25, -0.2) is 9.97 Å². The number of carbonyl (C=O) groups is 1. The monoisotopic (exact) mass is 402 g/mol. The zero-order valence-corrected chi connectivity index (χ0v) is 15.7. The summed E-state index contributed by atoms with van der Waals surface area (Å²) >= 11 is 0. The maximum Gasteiger partial charge on any atom is 0.354 e. The third-order valence-corrected chi connectivity index (χ3v) is 4.27. The van der Waals surface area contributed by atoms with E-state index in [1.165, 1.54) is 18.7 Å². The summed E-state index contributed by atoms with van der Waals surface area (Å²) in [6, 6.07) is 3.18. The lowest BCUT2D eigenvalue weighted by Gasteiger charge is -2.26. The van der Waals surface area contributed by atoms with Gasteiger partial charge in [-0.15, -0.1) is 0 Å². The SMILES string of the molecule is O=C(NNc1ncnc(NCCCN2CCOCC2)c1[N+](=O)[O-])c1cccnc1. The molecule has 1 fully saturated rings. The molecule has 12 heteroatoms. The van der Waals surface area contributed by atoms with E-state index in [1.54, 1.807) is 12.1 Å². The highest BCUT2D eigenvalue weighted by Gasteiger charge is 2.23. The van der Waals surface area contributed by atoms with Gasteiger partial charge in [0.05, 0.1) is 23.7 Å². The van der Waals surface area contributed by atoms with Crippen LogP contribution in [0.1, 0.15) is 16.8 Å². The molecule has 12 nitrogen and oxygen atoms in total. The number of nitro groups is 1. The number of anilines is 2. The second-order valence-electron chi connectivity index (χ2n) is 6.23. The van der Waals surface area contributed by atoms with E-state index in [0.29, 0.717) is 12.1 Å². The number of amides is 1. The van der Waals surface area contributed by atoms with Gasteiger partial charge in [-0.3, -0.25) is 35.6 Å². The average Bonchev–Trinajstić information content (AvgIpc) is 2.76. The van der Waals surface area contributed by atoms with Gasteiger partial charge in [0.1, 0.15) is 6.33 Å². The van der Waals surface area contributed by atoms with Crippen LogP contribution in [0, 0.1) is 10.1 Å². The fraction of sp³-hybridized carbons (Fsp3) is 0.412. The Morgan fingerprint density at radius 1 is 1.28 bits per heavy atom. The molecule has 0 bridgehead atoms. The first-order valence-electron chi connectivity index (χ1n) is 9.15. The number of hydrogen-bond donors (Lipinski definition) is 3. The summed E-state index contributed by atoms with van der Waals surface area (Å²) in [5.41, 5.74) is 4.83. The van der Waals surface area contributed by atoms with E-state index < -0.39 is 10.8 Å². The number of ether oxygens (including phenoxy) is 1. The molecule has 154 valence electrons. The van der Waals surface area contributed by atoms with Gasteiger partial charge in [0.2, 0.25) is 11.6 Å². The molecule has 3 heterocycles. The van der Waals surface area contributed by atoms with Gasteiger partial charge < -0.3 is 10.1 Å². The summed E-state index contributed by atoms with van der Waals surface area (Å²) in [5, 5.41) is 14.5. The molecular formula is C17H22N8O4. The lowest BCUT2D eigenvalue weighted by atomic mass is 10.3. The van der Waals surface area contributed by atoms with Crippen LogP contribution in [0.5, 0.6) is 0 Å². The molecule has 1 amide bonds. The maximum absolute atomic E-state index is 12.1. The summed E-state index contributed by atoms with van der Waals surface area (Å²) < 4.78 is 5.31. The molecule has 0 saturated carbocycles. The van der Waals surface area contributed by atoms with Crippen LogP contribution in [-0.2, 0) is 4.74 Å². The zero-order chi connectivity index (χ0) is 20.5. The van der Waals surface area contributed by atoms with Crippen molar-refractivity contribution < 1.29 is 14.5 Å². The molecule has 0 aromatic carbocycles. The minimum Gasteiger partial charge on any atom is -0.379 e. The van der Waals surface area contributed by atoms with E-state index in [9.17, 15) is 14.9 Å². The number of morpholine rings is 1. The first-order chi connectivity index (χ1) is 14.1. The van der Waals surface area contributed by atoms with Crippen LogP contribution in [0.25, 0.3) is 0 Å². The number of carbonyl (C=O) groups excluding carboxylic acids is 1. The second kappa shape index (κ2) is 10.2. The van der Waals surface area contributed by atoms with Crippen molar-refractivity contribution in [2.45, 2.75) is 6.42 Å². The van der Waals surface area contributed by atoms with Crippen LogP contribution in [0.4, 0.5) is 17.3 Å². The molecule has 0 atom stereocenters. The van der Waals surface area contributed by atoms with Crippen LogP contribution in [0.15, 0.2) is 30.9 Å². The van der Waals surface area contributed by atoms with E-state index in [2.05, 4.69) is 36.0 Å². The zero-order valence-electron chi connectivity index (χ0n) is 15.7. The topological polar surface area (TPSA) is 147 Å². The molecule has 2 aromatic rings. The number of pyridine rings is 1. The molecule has 0 aliphatic carbocycles. The molecule has 29 heavy (non-hydrogen) atoms. The number of rotatable bonds is 9. The maximum atomic E-state index is 12.1. The Morgan fingerprint density at radius 3 is 2.79 bits per heavy atom. The van der Waals surface area contributed by atoms with Crippen molar-refractivity contribution in [3.05, 3.63) is 46.5 Å². The Balaban J connectivity index is 1.58. The molecule has 1 aliphatic heterocycles. The van der Waals surface area contributed by atoms with Crippen molar-refractivity contribution in [3.8, 4) is 0 Å². The van der Waals surface area contributed by atoms with Gasteiger partial charge >= 0.3 is 5.69 Å². The van der Waals surface area contributed by atoms with Crippen molar-refractivity contribution in [3.63, 3.8) is 0 Å². The number of nitrogens with zero attached hydrogens (tertiary/aromatic N) is 5. The van der Waals surface area contributed by atoms with E-state index in [1.807, 2.05) is 0 Å². The standard InChI is InChI=1S/C17H22N8O4/c26-17(13-3-1-4-18-11-13)23-22-16-14(25(27)28)15(20-12-21-16)19-5-2-6-24-7-9-29-10-8-24/h1,3-4,11-12H,2,5-10H2,(H,23,26)(H2,19,20,21,22). The summed E-state index contributed by atoms with van der Waals surface area (Å²) in [6.07, 6.45) is 4.90. The molecule has 1 aliphatic rings. The minimum atomic E-state index is -0.594. The largest absolute Gasteiger partial charge is 0.379 e. The van der Waals surface area contributed by atoms with Crippen molar-refractivity contribution in [1.29, 1.82) is 0 Å². The van der Waals surface area contributed by atoms with Gasteiger partial charge in [0, 0.05) is 32.0 Å². The van der Waals surface area contributed by atoms with Crippen LogP contribution >= 0.6 is 0 Å². The van der Waals surface area contributed by atoms with Gasteiger partial charge in [0.25, 0.3) is 5.91 Å². The predicted octanol–water partition coefficient (Wildman–Crippen LogP) is 0.671. The fourth-order valence-corrected chi connectivity index (χ4v) is 2.79. The van der Waals surface area contributed by atoms with E-state index in [4.69, 9.17) is 4.74 Å². The van der Waals surface area contributed by atoms with Gasteiger partial charge in [0.15, 0.2) is 0 Å². The normalized spacial score (nSPS) is 14.2. The number of hydrazine groups is 1. The lowest BCUT2D eigenvalue weighted by Crippen LogP contribution is -2.37. The number of hydrogen-bond acceptors (Lipinski definition) is 10. The first-order valence-corrected chi connectivity index (χ1v) is 9.15. The molecule has 0 spiro atoms. The highest BCUT2D eigenvalue weighted by atomic mass is 16.6. The van der Waals surface area contributed by atoms with Gasteiger partial charge in [-0.05, 0) is 25.1 Å². The van der Waals surface area contributed by atoms with Crippen molar-refractivity contribution in [2.75, 3.05) is 50.1 Å². The lowest BCUT2D eigenvalue weighted by molar-refractivity contribution is -0.383. The van der Waals surface area contributed by atoms with E-state index in [0.717, 1.165) is 39.3 Å². The highest BCUT2D eigenvalue weighted by Crippen LogP contribution is 2.28. The third-order valence-electron chi connectivity index (χ3n) is 4.27. The molecular weight excluding hydrogens is 380 g/mol. The van der Waals surface area contributed by atoms with Crippen molar-refractivity contribution in [1.82, 2.24) is 25.3 Å². The van der Waals surface area contributed by atoms with Crippen LogP contribution in [0.2, 0.25) is 0 Å². The van der Waals surface area contributed by atoms with Crippen LogP contribution in [0.3, 0.4) is 0 Å². The fourth-order valence-electron chi connectivity index (χ4n) is 2.79. The second-order valence-corrected chi connectivity index (χ2v) is 6.23. The van der Waals surface area contributed by atoms with Crippen molar-refractivity contribution in [2.24, 2.45) is 0 Å². The van der Waals surface area contributed by atoms with Crippen LogP contribution in [-0.4, -0.2) is 70.1 Å². The molecule has 0 radical (unpaired) electrons. The number of aromatic nitrogens is 3. The quantitative estimate of drug-likeness (QED) is 0.310. The Bertz CT molecular complexity index is 829. The van der Waals surface area contributed by atoms with Gasteiger partial charge in [-0.2, -0.15) is 0 Å². The third kappa shape index (κ3) is 5.80. The summed E-state index contributed by atoms with van der Waals surface area (Å²) in [6.45, 7) is 4.60. The summed E-state index contributed by atoms with van der Waals surface area (Å²) in [5.74, 6) is -0.519. The molecule has 2 aromatic heterocycles. The van der Waals surface area contributed by atoms with Gasteiger partial charge in [-0.1, -0.05) is 0 Å². The smallest absolute Gasteiger partial charge is 0.354 e. The highest BCUT2D eigenvalue weighted by molar-refractivity contribution is 5.94. The number of nitrogens with one attached hydrogen (secondary N) is 3. The first kappa shape index (κ1) is 20.4. The molecule has 1 saturated heterocycles. The predicted molar refractivity (Wildman–Crippen MR) is 104 cm³/mol. The molecule has 0 unspecified atom stereocenters. The minimum absolute atomic E-state index is 0.0881. The molecule has 3 N–H and O–H groups in total. The van der Waals surface area contributed by atoms with Crippen molar-refractivity contribution >= 4 is 23.2 Å². The Morgan fingerprint density at radius 2 is 2.07 bits per heavy atom. The average molecular weight is 402 g/mol. The van der Waals surface area contributed by atoms with E-state index >= 15 is 0 Å². The Labute approximate surface area is 166 Å². The van der Waals surface area contributed by atoms with Crippen LogP contribution < -0.4 is 16.2 Å². The summed E-state index contributed by atoms with van der Waals surface area (Å²) in [4.78, 5) is 37.0. The Hall–Kier alpha value is -3.38. The van der Waals surface area contributed by atoms with E-state index in [-0.39, 0.29) is 17.3 Å². The molecule has 3 rings (SSSR count). The summed E-state index contributed by atoms with van der Waals surface area (Å²) in [7, 11) is 0. The Kier molecular flexibility index (Phi) is 7.19.